The molecule has 2 N–H and O–H groups in total. The first kappa shape index (κ1) is 16.2. The molecule has 7 heteroatoms. The molecule has 2 heterocycles. The van der Waals surface area contributed by atoms with E-state index in [1.165, 1.54) is 6.20 Å². The number of ether oxygens (including phenoxy) is 1. The van der Waals surface area contributed by atoms with E-state index in [2.05, 4.69) is 31.2 Å². The van der Waals surface area contributed by atoms with Crippen LogP contribution in [0, 0.1) is 0 Å². The Bertz CT molecular complexity index is 969. The molecule has 0 radical (unpaired) electrons. The van der Waals surface area contributed by atoms with Crippen LogP contribution in [0.15, 0.2) is 52.0 Å². The Kier molecular flexibility index (Phi) is 4.61. The van der Waals surface area contributed by atoms with Crippen LogP contribution in [0.4, 0.5) is 5.69 Å². The Morgan fingerprint density at radius 3 is 2.96 bits per heavy atom. The molecule has 0 spiro atoms. The van der Waals surface area contributed by atoms with Crippen molar-refractivity contribution in [1.29, 1.82) is 0 Å². The largest absolute Gasteiger partial charge is 0.497 e. The van der Waals surface area contributed by atoms with Gasteiger partial charge >= 0.3 is 0 Å². The third kappa shape index (κ3) is 3.46. The molecule has 0 saturated carbocycles. The second-order valence-corrected chi connectivity index (χ2v) is 6.05. The first-order chi connectivity index (χ1) is 11.6. The van der Waals surface area contributed by atoms with Gasteiger partial charge in [-0.25, -0.2) is 0 Å². The van der Waals surface area contributed by atoms with Gasteiger partial charge in [0.05, 0.1) is 24.7 Å². The number of carbonyl (C=O) groups excluding carboxylic acids is 1. The van der Waals surface area contributed by atoms with Gasteiger partial charge < -0.3 is 15.0 Å². The Morgan fingerprint density at radius 1 is 1.33 bits per heavy atom. The van der Waals surface area contributed by atoms with Crippen LogP contribution >= 0.6 is 15.9 Å². The van der Waals surface area contributed by atoms with Gasteiger partial charge in [0.1, 0.15) is 5.75 Å². The Hall–Kier alpha value is -2.67. The summed E-state index contributed by atoms with van der Waals surface area (Å²) in [4.78, 5) is 30.9. The predicted octanol–water partition coefficient (Wildman–Crippen LogP) is 2.88. The fourth-order valence-electron chi connectivity index (χ4n) is 2.36. The zero-order valence-corrected chi connectivity index (χ0v) is 14.4. The van der Waals surface area contributed by atoms with E-state index in [0.29, 0.717) is 27.0 Å². The lowest BCUT2D eigenvalue weighted by Gasteiger charge is -2.09. The molecule has 0 fully saturated rings. The van der Waals surface area contributed by atoms with Gasteiger partial charge in [-0.05, 0) is 40.2 Å². The van der Waals surface area contributed by atoms with Gasteiger partial charge in [-0.3, -0.25) is 14.6 Å². The lowest BCUT2D eigenvalue weighted by Crippen LogP contribution is -2.21. The molecule has 1 aromatic carbocycles. The summed E-state index contributed by atoms with van der Waals surface area (Å²) in [6.07, 6.45) is 3.13. The van der Waals surface area contributed by atoms with Gasteiger partial charge in [0.15, 0.2) is 0 Å². The number of methoxy groups -OCH3 is 1. The molecular weight excluding hydrogens is 374 g/mol. The fraction of sp³-hybridized carbons (Fsp3) is 0.118. The number of nitrogens with zero attached hydrogens (tertiary/aromatic N) is 1. The highest BCUT2D eigenvalue weighted by molar-refractivity contribution is 9.10. The monoisotopic (exact) mass is 387 g/mol. The van der Waals surface area contributed by atoms with Crippen LogP contribution in [0.2, 0.25) is 0 Å². The number of hydrogen-bond acceptors (Lipinski definition) is 4. The highest BCUT2D eigenvalue weighted by Gasteiger charge is 2.10. The highest BCUT2D eigenvalue weighted by atomic mass is 79.9. The maximum atomic E-state index is 12.3. The van der Waals surface area contributed by atoms with Crippen molar-refractivity contribution in [2.24, 2.45) is 0 Å². The quantitative estimate of drug-likeness (QED) is 0.720. The lowest BCUT2D eigenvalue weighted by atomic mass is 10.1. The summed E-state index contributed by atoms with van der Waals surface area (Å²) in [5.74, 6) is 0.418. The van der Waals surface area contributed by atoms with E-state index in [0.717, 1.165) is 5.39 Å². The molecule has 0 aliphatic heterocycles. The van der Waals surface area contributed by atoms with Crippen LogP contribution in [0.5, 0.6) is 5.75 Å². The molecule has 0 saturated heterocycles. The molecule has 0 aliphatic carbocycles. The van der Waals surface area contributed by atoms with E-state index in [-0.39, 0.29) is 17.9 Å². The van der Waals surface area contributed by atoms with E-state index in [1.54, 1.807) is 37.6 Å². The van der Waals surface area contributed by atoms with E-state index < -0.39 is 0 Å². The van der Waals surface area contributed by atoms with Crippen LogP contribution < -0.4 is 15.6 Å². The summed E-state index contributed by atoms with van der Waals surface area (Å²) in [7, 11) is 1.59. The second-order valence-electron chi connectivity index (χ2n) is 5.14. The zero-order valence-electron chi connectivity index (χ0n) is 12.8. The van der Waals surface area contributed by atoms with Gasteiger partial charge in [0.2, 0.25) is 5.91 Å². The first-order valence-corrected chi connectivity index (χ1v) is 7.96. The molecule has 24 heavy (non-hydrogen) atoms. The number of H-pyrrole nitrogens is 1. The van der Waals surface area contributed by atoms with Gasteiger partial charge in [-0.1, -0.05) is 0 Å². The minimum Gasteiger partial charge on any atom is -0.497 e. The van der Waals surface area contributed by atoms with E-state index in [4.69, 9.17) is 4.74 Å². The number of amides is 1. The number of anilines is 1. The molecule has 0 aliphatic rings. The van der Waals surface area contributed by atoms with Crippen LogP contribution in [-0.2, 0) is 11.2 Å². The molecule has 0 bridgehead atoms. The number of aromatic amines is 1. The summed E-state index contributed by atoms with van der Waals surface area (Å²) in [6.45, 7) is 0. The van der Waals surface area contributed by atoms with Gasteiger partial charge in [0.25, 0.3) is 5.56 Å². The van der Waals surface area contributed by atoms with Crippen molar-refractivity contribution < 1.29 is 9.53 Å². The topological polar surface area (TPSA) is 84.1 Å². The van der Waals surface area contributed by atoms with Crippen molar-refractivity contribution in [3.8, 4) is 5.75 Å². The average molecular weight is 388 g/mol. The molecule has 0 atom stereocenters. The van der Waals surface area contributed by atoms with Crippen molar-refractivity contribution in [2.45, 2.75) is 6.42 Å². The van der Waals surface area contributed by atoms with E-state index >= 15 is 0 Å². The number of rotatable bonds is 4. The molecule has 3 rings (SSSR count). The van der Waals surface area contributed by atoms with Gasteiger partial charge in [0, 0.05) is 33.9 Å². The first-order valence-electron chi connectivity index (χ1n) is 7.16. The Balaban J connectivity index is 1.85. The number of nitrogens with one attached hydrogen (secondary N) is 2. The number of fused-ring (bicyclic) bond motifs is 1. The predicted molar refractivity (Wildman–Crippen MR) is 95.4 cm³/mol. The van der Waals surface area contributed by atoms with Crippen molar-refractivity contribution >= 4 is 38.4 Å². The number of benzene rings is 1. The Labute approximate surface area is 146 Å². The second kappa shape index (κ2) is 6.84. The summed E-state index contributed by atoms with van der Waals surface area (Å²) < 4.78 is 5.89. The van der Waals surface area contributed by atoms with Crippen molar-refractivity contribution in [3.63, 3.8) is 0 Å². The van der Waals surface area contributed by atoms with Crippen LogP contribution in [-0.4, -0.2) is 23.0 Å². The standard InChI is InChI=1S/C17H14BrN3O3/c1-24-12-2-3-13-14(4-5-19-15(13)8-12)21-16(22)7-10-6-11(18)9-20-17(10)23/h2-6,8-9H,7H2,1H3,(H,20,23)(H,19,21,22). The molecule has 1 amide bonds. The van der Waals surface area contributed by atoms with Crippen molar-refractivity contribution in [1.82, 2.24) is 9.97 Å². The minimum absolute atomic E-state index is 0.0191. The SMILES string of the molecule is COc1ccc2c(NC(=O)Cc3cc(Br)c[nH]c3=O)ccnc2c1. The molecule has 6 nitrogen and oxygen atoms in total. The molecular formula is C17H14BrN3O3. The third-order valence-corrected chi connectivity index (χ3v) is 3.98. The summed E-state index contributed by atoms with van der Waals surface area (Å²) >= 11 is 3.28. The maximum Gasteiger partial charge on any atom is 0.251 e. The number of halogens is 1. The average Bonchev–Trinajstić information content (AvgIpc) is 2.58. The lowest BCUT2D eigenvalue weighted by molar-refractivity contribution is -0.115. The maximum absolute atomic E-state index is 12.3. The molecule has 122 valence electrons. The van der Waals surface area contributed by atoms with Crippen LogP contribution in [0.3, 0.4) is 0 Å². The van der Waals surface area contributed by atoms with Crippen molar-refractivity contribution in [2.75, 3.05) is 12.4 Å². The zero-order chi connectivity index (χ0) is 17.1. The molecule has 2 aromatic heterocycles. The normalized spacial score (nSPS) is 10.6. The smallest absolute Gasteiger partial charge is 0.251 e. The number of aromatic nitrogens is 2. The molecule has 0 unspecified atom stereocenters. The fourth-order valence-corrected chi connectivity index (χ4v) is 2.75. The number of pyridine rings is 2. The summed E-state index contributed by atoms with van der Waals surface area (Å²) in [5.41, 5.74) is 1.46. The van der Waals surface area contributed by atoms with Crippen LogP contribution in [0.1, 0.15) is 5.56 Å². The highest BCUT2D eigenvalue weighted by Crippen LogP contribution is 2.25. The summed E-state index contributed by atoms with van der Waals surface area (Å²) in [6, 6.07) is 8.79. The van der Waals surface area contributed by atoms with Gasteiger partial charge in [-0.15, -0.1) is 0 Å². The Morgan fingerprint density at radius 2 is 2.17 bits per heavy atom. The molecule has 3 aromatic rings. The van der Waals surface area contributed by atoms with Gasteiger partial charge in [-0.2, -0.15) is 0 Å². The number of hydrogen-bond donors (Lipinski definition) is 2. The van der Waals surface area contributed by atoms with E-state index in [1.807, 2.05) is 6.07 Å². The number of carbonyl (C=O) groups is 1. The van der Waals surface area contributed by atoms with E-state index in [9.17, 15) is 9.59 Å². The van der Waals surface area contributed by atoms with Crippen LogP contribution in [0.25, 0.3) is 10.9 Å². The minimum atomic E-state index is -0.280. The van der Waals surface area contributed by atoms with Crippen molar-refractivity contribution in [3.05, 3.63) is 63.1 Å². The summed E-state index contributed by atoms with van der Waals surface area (Å²) in [5, 5.41) is 3.63. The third-order valence-electron chi connectivity index (χ3n) is 3.52.